The molecule has 0 aromatic heterocycles. The highest BCUT2D eigenvalue weighted by molar-refractivity contribution is 6.01. The molecule has 2 fully saturated rings. The second kappa shape index (κ2) is 7.92. The van der Waals surface area contributed by atoms with E-state index in [0.717, 1.165) is 24.5 Å². The van der Waals surface area contributed by atoms with Crippen molar-refractivity contribution in [3.05, 3.63) is 58.9 Å². The van der Waals surface area contributed by atoms with Gasteiger partial charge in [0.1, 0.15) is 11.4 Å². The van der Waals surface area contributed by atoms with Crippen LogP contribution in [0.4, 0.5) is 24.5 Å². The summed E-state index contributed by atoms with van der Waals surface area (Å²) in [6.45, 7) is 2.42. The van der Waals surface area contributed by atoms with Crippen molar-refractivity contribution in [2.24, 2.45) is 0 Å². The molecule has 4 rings (SSSR count). The molecule has 1 heterocycles. The molecule has 2 aromatic rings. The van der Waals surface area contributed by atoms with Crippen LogP contribution in [0.5, 0.6) is 0 Å². The molecule has 5 nitrogen and oxygen atoms in total. The van der Waals surface area contributed by atoms with Crippen LogP contribution < -0.4 is 10.6 Å². The van der Waals surface area contributed by atoms with Gasteiger partial charge >= 0.3 is 0 Å². The zero-order valence-corrected chi connectivity index (χ0v) is 16.6. The van der Waals surface area contributed by atoms with Gasteiger partial charge in [0.05, 0.1) is 30.0 Å². The quantitative estimate of drug-likeness (QED) is 0.644. The molecule has 0 spiro atoms. The number of nitrogens with one attached hydrogen (secondary N) is 2. The van der Waals surface area contributed by atoms with Crippen molar-refractivity contribution in [3.8, 4) is 0 Å². The molecular weight excluding hydrogens is 395 g/mol. The molecule has 0 atom stereocenters. The maximum absolute atomic E-state index is 14.5. The van der Waals surface area contributed by atoms with Gasteiger partial charge in [0.25, 0.3) is 5.91 Å². The zero-order chi connectivity index (χ0) is 21.5. The third-order valence-corrected chi connectivity index (χ3v) is 5.58. The SMILES string of the molecule is CCc1ccc(Nc2c(C(=O)N3CC(O)(CNC4CC4)C3)ccc(F)c2F)c(F)c1. The Kier molecular flexibility index (Phi) is 5.46. The van der Waals surface area contributed by atoms with E-state index in [0.29, 0.717) is 19.0 Å². The summed E-state index contributed by atoms with van der Waals surface area (Å²) in [6, 6.07) is 6.87. The van der Waals surface area contributed by atoms with Crippen molar-refractivity contribution in [2.75, 3.05) is 25.0 Å². The van der Waals surface area contributed by atoms with Gasteiger partial charge in [0.15, 0.2) is 11.6 Å². The van der Waals surface area contributed by atoms with Crippen LogP contribution in [0.15, 0.2) is 30.3 Å². The molecule has 30 heavy (non-hydrogen) atoms. The highest BCUT2D eigenvalue weighted by atomic mass is 19.2. The number of aryl methyl sites for hydroxylation is 1. The van der Waals surface area contributed by atoms with E-state index < -0.39 is 34.6 Å². The predicted molar refractivity (Wildman–Crippen MR) is 107 cm³/mol. The van der Waals surface area contributed by atoms with Crippen LogP contribution >= 0.6 is 0 Å². The number of carbonyl (C=O) groups excluding carboxylic acids is 1. The minimum absolute atomic E-state index is 0.0560. The van der Waals surface area contributed by atoms with Gasteiger partial charge in [-0.1, -0.05) is 13.0 Å². The number of anilines is 2. The molecule has 2 aromatic carbocycles. The number of halogens is 3. The van der Waals surface area contributed by atoms with Crippen molar-refractivity contribution in [2.45, 2.75) is 37.8 Å². The molecule has 0 radical (unpaired) electrons. The number of benzene rings is 2. The van der Waals surface area contributed by atoms with Crippen molar-refractivity contribution in [1.29, 1.82) is 0 Å². The first-order valence-electron chi connectivity index (χ1n) is 10.1. The summed E-state index contributed by atoms with van der Waals surface area (Å²) in [4.78, 5) is 14.3. The molecule has 3 N–H and O–H groups in total. The lowest BCUT2D eigenvalue weighted by Gasteiger charge is -2.46. The van der Waals surface area contributed by atoms with E-state index in [2.05, 4.69) is 10.6 Å². The summed E-state index contributed by atoms with van der Waals surface area (Å²) < 4.78 is 42.8. The fourth-order valence-corrected chi connectivity index (χ4v) is 3.58. The lowest BCUT2D eigenvalue weighted by Crippen LogP contribution is -2.67. The van der Waals surface area contributed by atoms with Crippen LogP contribution in [0.3, 0.4) is 0 Å². The Bertz CT molecular complexity index is 972. The summed E-state index contributed by atoms with van der Waals surface area (Å²) in [6.07, 6.45) is 2.79. The van der Waals surface area contributed by atoms with Gasteiger partial charge in [-0.25, -0.2) is 13.2 Å². The second-order valence-corrected chi connectivity index (χ2v) is 8.12. The highest BCUT2D eigenvalue weighted by Gasteiger charge is 2.45. The van der Waals surface area contributed by atoms with E-state index in [1.54, 1.807) is 6.07 Å². The van der Waals surface area contributed by atoms with E-state index >= 15 is 0 Å². The summed E-state index contributed by atoms with van der Waals surface area (Å²) in [5.74, 6) is -3.58. The molecule has 1 aliphatic heterocycles. The standard InChI is InChI=1S/C22H24F3N3O2/c1-2-13-3-8-18(17(24)9-13)27-20-15(6-7-16(23)19(20)25)21(29)28-11-22(30,12-28)10-26-14-4-5-14/h3,6-9,14,26-27,30H,2,4-5,10-12H2,1H3. The third kappa shape index (κ3) is 4.15. The molecule has 1 saturated heterocycles. The molecule has 0 bridgehead atoms. The Balaban J connectivity index is 1.54. The first-order valence-corrected chi connectivity index (χ1v) is 10.1. The maximum atomic E-state index is 14.5. The number of likely N-dealkylation sites (tertiary alicyclic amines) is 1. The van der Waals surface area contributed by atoms with Gasteiger partial charge in [0, 0.05) is 12.6 Å². The first-order chi connectivity index (χ1) is 14.3. The van der Waals surface area contributed by atoms with Crippen LogP contribution in [-0.2, 0) is 6.42 Å². The van der Waals surface area contributed by atoms with Crippen LogP contribution in [0.1, 0.15) is 35.7 Å². The molecule has 8 heteroatoms. The number of hydrogen-bond donors (Lipinski definition) is 3. The van der Waals surface area contributed by atoms with Crippen molar-refractivity contribution < 1.29 is 23.1 Å². The highest BCUT2D eigenvalue weighted by Crippen LogP contribution is 2.32. The van der Waals surface area contributed by atoms with Crippen LogP contribution in [0, 0.1) is 17.5 Å². The maximum Gasteiger partial charge on any atom is 0.256 e. The number of β-amino-alcohol motifs (C(OH)–C–C–N with tert-alkyl or cyclic N) is 1. The number of aliphatic hydroxyl groups is 1. The summed E-state index contributed by atoms with van der Waals surface area (Å²) in [5, 5.41) is 16.3. The molecule has 1 amide bonds. The molecule has 1 aliphatic carbocycles. The molecule has 1 saturated carbocycles. The van der Waals surface area contributed by atoms with E-state index in [9.17, 15) is 23.1 Å². The Labute approximate surface area is 172 Å². The fourth-order valence-electron chi connectivity index (χ4n) is 3.58. The van der Waals surface area contributed by atoms with Gasteiger partial charge in [-0.2, -0.15) is 0 Å². The van der Waals surface area contributed by atoms with Crippen molar-refractivity contribution >= 4 is 17.3 Å². The number of carbonyl (C=O) groups is 1. The van der Waals surface area contributed by atoms with Gasteiger partial charge in [0.2, 0.25) is 0 Å². The normalized spacial score (nSPS) is 17.6. The van der Waals surface area contributed by atoms with E-state index in [1.165, 1.54) is 23.1 Å². The average molecular weight is 419 g/mol. The molecule has 0 unspecified atom stereocenters. The first kappa shape index (κ1) is 20.7. The molecule has 160 valence electrons. The molecular formula is C22H24F3N3O2. The van der Waals surface area contributed by atoms with Crippen molar-refractivity contribution in [3.63, 3.8) is 0 Å². The summed E-state index contributed by atoms with van der Waals surface area (Å²) in [5.41, 5.74) is -0.875. The fraction of sp³-hybridized carbons (Fsp3) is 0.409. The number of hydrogen-bond acceptors (Lipinski definition) is 4. The van der Waals surface area contributed by atoms with E-state index in [1.807, 2.05) is 6.92 Å². The number of rotatable bonds is 7. The second-order valence-electron chi connectivity index (χ2n) is 8.12. The summed E-state index contributed by atoms with van der Waals surface area (Å²) >= 11 is 0. The number of nitrogens with zero attached hydrogens (tertiary/aromatic N) is 1. The van der Waals surface area contributed by atoms with Crippen LogP contribution in [0.2, 0.25) is 0 Å². The minimum Gasteiger partial charge on any atom is -0.385 e. The van der Waals surface area contributed by atoms with Crippen molar-refractivity contribution in [1.82, 2.24) is 10.2 Å². The number of amides is 1. The van der Waals surface area contributed by atoms with Gasteiger partial charge in [-0.05, 0) is 49.1 Å². The van der Waals surface area contributed by atoms with E-state index in [-0.39, 0.29) is 24.3 Å². The topological polar surface area (TPSA) is 64.6 Å². The van der Waals surface area contributed by atoms with Crippen LogP contribution in [0.25, 0.3) is 0 Å². The Morgan fingerprint density at radius 3 is 2.53 bits per heavy atom. The van der Waals surface area contributed by atoms with Gasteiger partial charge < -0.3 is 20.6 Å². The third-order valence-electron chi connectivity index (χ3n) is 5.58. The van der Waals surface area contributed by atoms with E-state index in [4.69, 9.17) is 0 Å². The van der Waals surface area contributed by atoms with Gasteiger partial charge in [-0.3, -0.25) is 4.79 Å². The monoisotopic (exact) mass is 419 g/mol. The average Bonchev–Trinajstić information content (AvgIpc) is 3.53. The predicted octanol–water partition coefficient (Wildman–Crippen LogP) is 3.35. The lowest BCUT2D eigenvalue weighted by molar-refractivity contribution is -0.0787. The zero-order valence-electron chi connectivity index (χ0n) is 16.6. The van der Waals surface area contributed by atoms with Gasteiger partial charge in [-0.15, -0.1) is 0 Å². The van der Waals surface area contributed by atoms with Crippen LogP contribution in [-0.4, -0.2) is 47.2 Å². The minimum atomic E-state index is -1.26. The largest absolute Gasteiger partial charge is 0.385 e. The Morgan fingerprint density at radius 2 is 1.90 bits per heavy atom. The molecule has 2 aliphatic rings. The Hall–Kier alpha value is -2.58. The Morgan fingerprint density at radius 1 is 1.17 bits per heavy atom. The lowest BCUT2D eigenvalue weighted by atomic mass is 9.92. The summed E-state index contributed by atoms with van der Waals surface area (Å²) in [7, 11) is 0. The smallest absolute Gasteiger partial charge is 0.256 e.